The van der Waals surface area contributed by atoms with Gasteiger partial charge in [0.25, 0.3) is 5.91 Å². The molecule has 0 radical (unpaired) electrons. The smallest absolute Gasteiger partial charge is 0.335 e. The summed E-state index contributed by atoms with van der Waals surface area (Å²) in [5.41, 5.74) is 0.0752. The van der Waals surface area contributed by atoms with Gasteiger partial charge in [0, 0.05) is 18.4 Å². The summed E-state index contributed by atoms with van der Waals surface area (Å²) in [5, 5.41) is 2.30. The number of carbonyl (C=O) groups excluding carboxylic acids is 2. The fraction of sp³-hybridized carbons (Fsp3) is 0.500. The van der Waals surface area contributed by atoms with E-state index in [1.165, 1.54) is 13.0 Å². The van der Waals surface area contributed by atoms with E-state index in [2.05, 4.69) is 5.32 Å². The van der Waals surface area contributed by atoms with Crippen LogP contribution in [0.2, 0.25) is 0 Å². The standard InChI is InChI=1S/C16H21F2NO4/c1-10(2)6-7-22-11(3)16(21)23-9-15(20)19-12-4-5-13(17)14(18)8-12/h4-5,8,10-11H,6-7,9H2,1-3H3,(H,19,20). The summed E-state index contributed by atoms with van der Waals surface area (Å²) in [4.78, 5) is 23.2. The Kier molecular flexibility index (Phi) is 7.61. The largest absolute Gasteiger partial charge is 0.454 e. The molecule has 1 rings (SSSR count). The minimum atomic E-state index is -1.08. The summed E-state index contributed by atoms with van der Waals surface area (Å²) in [6.07, 6.45) is 0.0404. The molecule has 5 nitrogen and oxygen atoms in total. The van der Waals surface area contributed by atoms with Gasteiger partial charge in [-0.15, -0.1) is 0 Å². The second-order valence-electron chi connectivity index (χ2n) is 5.48. The van der Waals surface area contributed by atoms with E-state index < -0.39 is 36.2 Å². The number of benzene rings is 1. The SMILES string of the molecule is CC(C)CCOC(C)C(=O)OCC(=O)Nc1ccc(F)c(F)c1. The van der Waals surface area contributed by atoms with E-state index in [1.807, 2.05) is 13.8 Å². The summed E-state index contributed by atoms with van der Waals surface area (Å²) in [6, 6.07) is 2.93. The molecule has 128 valence electrons. The van der Waals surface area contributed by atoms with Gasteiger partial charge in [-0.1, -0.05) is 13.8 Å². The zero-order chi connectivity index (χ0) is 17.4. The molecule has 0 saturated heterocycles. The molecule has 0 aromatic heterocycles. The third-order valence-electron chi connectivity index (χ3n) is 2.94. The van der Waals surface area contributed by atoms with Crippen LogP contribution < -0.4 is 5.32 Å². The molecule has 1 aromatic carbocycles. The summed E-state index contributed by atoms with van der Waals surface area (Å²) in [7, 11) is 0. The number of ether oxygens (including phenoxy) is 2. The first-order chi connectivity index (χ1) is 10.8. The molecular weight excluding hydrogens is 308 g/mol. The minimum Gasteiger partial charge on any atom is -0.454 e. The number of hydrogen-bond donors (Lipinski definition) is 1. The lowest BCUT2D eigenvalue weighted by molar-refractivity contribution is -0.158. The number of amides is 1. The van der Waals surface area contributed by atoms with Crippen LogP contribution in [0.3, 0.4) is 0 Å². The normalized spacial score (nSPS) is 12.1. The molecule has 7 heteroatoms. The van der Waals surface area contributed by atoms with Gasteiger partial charge in [0.1, 0.15) is 0 Å². The van der Waals surface area contributed by atoms with Gasteiger partial charge in [0.15, 0.2) is 24.3 Å². The van der Waals surface area contributed by atoms with Crippen LogP contribution in [0.15, 0.2) is 18.2 Å². The Morgan fingerprint density at radius 2 is 1.87 bits per heavy atom. The summed E-state index contributed by atoms with van der Waals surface area (Å²) >= 11 is 0. The van der Waals surface area contributed by atoms with Gasteiger partial charge in [0.2, 0.25) is 0 Å². The number of esters is 1. The van der Waals surface area contributed by atoms with Gasteiger partial charge in [-0.05, 0) is 31.4 Å². The molecule has 0 aliphatic carbocycles. The lowest BCUT2D eigenvalue weighted by atomic mass is 10.1. The third kappa shape index (κ3) is 7.19. The molecule has 0 saturated carbocycles. The highest BCUT2D eigenvalue weighted by atomic mass is 19.2. The highest BCUT2D eigenvalue weighted by Gasteiger charge is 2.17. The van der Waals surface area contributed by atoms with Crippen molar-refractivity contribution < 1.29 is 27.8 Å². The molecule has 0 aliphatic rings. The van der Waals surface area contributed by atoms with E-state index in [0.29, 0.717) is 12.5 Å². The van der Waals surface area contributed by atoms with Crippen molar-refractivity contribution in [2.45, 2.75) is 33.3 Å². The van der Waals surface area contributed by atoms with Gasteiger partial charge in [-0.2, -0.15) is 0 Å². The van der Waals surface area contributed by atoms with Crippen molar-refractivity contribution in [3.05, 3.63) is 29.8 Å². The molecule has 23 heavy (non-hydrogen) atoms. The minimum absolute atomic E-state index is 0.0752. The molecule has 0 aliphatic heterocycles. The Morgan fingerprint density at radius 1 is 1.17 bits per heavy atom. The molecule has 0 spiro atoms. The maximum absolute atomic E-state index is 13.0. The molecule has 1 unspecified atom stereocenters. The lowest BCUT2D eigenvalue weighted by Crippen LogP contribution is -2.28. The van der Waals surface area contributed by atoms with Gasteiger partial charge in [0.05, 0.1) is 0 Å². The van der Waals surface area contributed by atoms with Crippen molar-refractivity contribution in [2.24, 2.45) is 5.92 Å². The Balaban J connectivity index is 2.34. The lowest BCUT2D eigenvalue weighted by Gasteiger charge is -2.13. The van der Waals surface area contributed by atoms with Crippen molar-refractivity contribution in [3.8, 4) is 0 Å². The van der Waals surface area contributed by atoms with Crippen LogP contribution >= 0.6 is 0 Å². The maximum atomic E-state index is 13.0. The molecule has 1 amide bonds. The van der Waals surface area contributed by atoms with Gasteiger partial charge in [-0.3, -0.25) is 4.79 Å². The van der Waals surface area contributed by atoms with Crippen LogP contribution in [0.5, 0.6) is 0 Å². The first-order valence-corrected chi connectivity index (χ1v) is 7.32. The predicted octanol–water partition coefficient (Wildman–Crippen LogP) is 2.90. The quantitative estimate of drug-likeness (QED) is 0.745. The van der Waals surface area contributed by atoms with E-state index in [1.54, 1.807) is 0 Å². The molecule has 1 atom stereocenters. The van der Waals surface area contributed by atoms with Crippen molar-refractivity contribution in [3.63, 3.8) is 0 Å². The van der Waals surface area contributed by atoms with E-state index >= 15 is 0 Å². The zero-order valence-corrected chi connectivity index (χ0v) is 13.4. The summed E-state index contributed by atoms with van der Waals surface area (Å²) in [6.45, 7) is 5.50. The number of rotatable bonds is 8. The van der Waals surface area contributed by atoms with Crippen molar-refractivity contribution in [2.75, 3.05) is 18.5 Å². The Bertz CT molecular complexity index is 549. The first-order valence-electron chi connectivity index (χ1n) is 7.32. The number of nitrogens with one attached hydrogen (secondary N) is 1. The summed E-state index contributed by atoms with van der Waals surface area (Å²) in [5.74, 6) is -2.94. The van der Waals surface area contributed by atoms with Crippen LogP contribution in [0.4, 0.5) is 14.5 Å². The average molecular weight is 329 g/mol. The monoisotopic (exact) mass is 329 g/mol. The fourth-order valence-corrected chi connectivity index (χ4v) is 1.57. The Labute approximate surface area is 134 Å². The van der Waals surface area contributed by atoms with Crippen LogP contribution in [0.25, 0.3) is 0 Å². The van der Waals surface area contributed by atoms with Crippen LogP contribution in [0.1, 0.15) is 27.2 Å². The van der Waals surface area contributed by atoms with Crippen molar-refractivity contribution in [1.82, 2.24) is 0 Å². The van der Waals surface area contributed by atoms with E-state index in [0.717, 1.165) is 18.6 Å². The number of carbonyl (C=O) groups is 2. The molecule has 0 bridgehead atoms. The fourth-order valence-electron chi connectivity index (χ4n) is 1.57. The molecule has 1 N–H and O–H groups in total. The molecule has 0 fully saturated rings. The Morgan fingerprint density at radius 3 is 2.48 bits per heavy atom. The number of halogens is 2. The van der Waals surface area contributed by atoms with E-state index in [9.17, 15) is 18.4 Å². The van der Waals surface area contributed by atoms with E-state index in [-0.39, 0.29) is 5.69 Å². The van der Waals surface area contributed by atoms with Crippen LogP contribution in [0, 0.1) is 17.6 Å². The topological polar surface area (TPSA) is 64.6 Å². The second-order valence-corrected chi connectivity index (χ2v) is 5.48. The highest BCUT2D eigenvalue weighted by Crippen LogP contribution is 2.13. The average Bonchev–Trinajstić information content (AvgIpc) is 2.48. The predicted molar refractivity (Wildman–Crippen MR) is 80.8 cm³/mol. The van der Waals surface area contributed by atoms with Crippen molar-refractivity contribution >= 4 is 17.6 Å². The Hall–Kier alpha value is -2.02. The van der Waals surface area contributed by atoms with Crippen LogP contribution in [-0.4, -0.2) is 31.2 Å². The first kappa shape index (κ1) is 19.0. The maximum Gasteiger partial charge on any atom is 0.335 e. The summed E-state index contributed by atoms with van der Waals surface area (Å²) < 4.78 is 35.9. The third-order valence-corrected chi connectivity index (χ3v) is 2.94. The van der Waals surface area contributed by atoms with Gasteiger partial charge >= 0.3 is 5.97 Å². The van der Waals surface area contributed by atoms with Gasteiger partial charge in [-0.25, -0.2) is 13.6 Å². The number of hydrogen-bond acceptors (Lipinski definition) is 4. The van der Waals surface area contributed by atoms with E-state index in [4.69, 9.17) is 9.47 Å². The van der Waals surface area contributed by atoms with Gasteiger partial charge < -0.3 is 14.8 Å². The van der Waals surface area contributed by atoms with Crippen LogP contribution in [-0.2, 0) is 19.1 Å². The zero-order valence-electron chi connectivity index (χ0n) is 13.4. The highest BCUT2D eigenvalue weighted by molar-refractivity contribution is 5.93. The molecule has 1 aromatic rings. The molecule has 0 heterocycles. The van der Waals surface area contributed by atoms with Crippen molar-refractivity contribution in [1.29, 1.82) is 0 Å². The molecular formula is C16H21F2NO4. The number of anilines is 1. The second kappa shape index (κ2) is 9.19.